The van der Waals surface area contributed by atoms with Gasteiger partial charge in [0.1, 0.15) is 5.82 Å². The Kier molecular flexibility index (Phi) is 3.60. The van der Waals surface area contributed by atoms with Crippen LogP contribution in [0.2, 0.25) is 0 Å². The first kappa shape index (κ1) is 14.6. The van der Waals surface area contributed by atoms with Gasteiger partial charge in [0.2, 0.25) is 0 Å². The lowest BCUT2D eigenvalue weighted by Gasteiger charge is -2.17. The monoisotopic (exact) mass is 301 g/mol. The van der Waals surface area contributed by atoms with Gasteiger partial charge in [0, 0.05) is 12.0 Å². The number of aromatic nitrogens is 3. The van der Waals surface area contributed by atoms with E-state index in [0.29, 0.717) is 19.0 Å². The number of carboxylic acid groups (broad SMARTS) is 1. The highest BCUT2D eigenvalue weighted by Gasteiger charge is 2.59. The lowest BCUT2D eigenvalue weighted by molar-refractivity contribution is -0.139. The van der Waals surface area contributed by atoms with Gasteiger partial charge in [-0.3, -0.25) is 4.79 Å². The zero-order valence-electron chi connectivity index (χ0n) is 12.7. The maximum Gasteiger partial charge on any atom is 0.335 e. The number of carboxylic acids is 1. The van der Waals surface area contributed by atoms with Crippen LogP contribution in [-0.2, 0) is 16.8 Å². The van der Waals surface area contributed by atoms with Crippen LogP contribution >= 0.6 is 0 Å². The lowest BCUT2D eigenvalue weighted by atomic mass is 9.89. The molecule has 1 fully saturated rings. The zero-order valence-corrected chi connectivity index (χ0v) is 12.7. The minimum Gasteiger partial charge on any atom is -0.481 e. The van der Waals surface area contributed by atoms with E-state index < -0.39 is 5.97 Å². The third kappa shape index (κ3) is 2.45. The molecule has 1 N–H and O–H groups in total. The topological polar surface area (TPSA) is 77.2 Å². The average Bonchev–Trinajstić information content (AvgIpc) is 3.17. The van der Waals surface area contributed by atoms with Crippen molar-refractivity contribution in [3.63, 3.8) is 0 Å². The van der Waals surface area contributed by atoms with Gasteiger partial charge in [0.25, 0.3) is 0 Å². The summed E-state index contributed by atoms with van der Waals surface area (Å²) in [6, 6.07) is 10.2. The first-order valence-electron chi connectivity index (χ1n) is 7.30. The van der Waals surface area contributed by atoms with Gasteiger partial charge in [-0.05, 0) is 25.3 Å². The van der Waals surface area contributed by atoms with Crippen LogP contribution in [0.3, 0.4) is 0 Å². The van der Waals surface area contributed by atoms with E-state index >= 15 is 0 Å². The molecule has 0 saturated heterocycles. The minimum atomic E-state index is -0.725. The molecule has 1 saturated carbocycles. The Hall–Kier alpha value is -2.37. The molecule has 1 aromatic heterocycles. The SMILES string of the molecule is COc1nc(C)n(CCC2(c3ccccc3)CC2C(=O)O)n1. The molecular weight excluding hydrogens is 282 g/mol. The van der Waals surface area contributed by atoms with Crippen LogP contribution in [0.1, 0.15) is 24.2 Å². The van der Waals surface area contributed by atoms with Gasteiger partial charge in [0.05, 0.1) is 13.0 Å². The van der Waals surface area contributed by atoms with Crippen molar-refractivity contribution >= 4 is 5.97 Å². The molecule has 1 aliphatic carbocycles. The molecule has 0 radical (unpaired) electrons. The fourth-order valence-corrected chi connectivity index (χ4v) is 3.14. The van der Waals surface area contributed by atoms with Gasteiger partial charge in [0.15, 0.2) is 0 Å². The van der Waals surface area contributed by atoms with Gasteiger partial charge in [-0.25, -0.2) is 4.68 Å². The first-order valence-corrected chi connectivity index (χ1v) is 7.30. The molecule has 1 aromatic carbocycles. The van der Waals surface area contributed by atoms with Crippen molar-refractivity contribution in [3.8, 4) is 6.01 Å². The Morgan fingerprint density at radius 1 is 1.45 bits per heavy atom. The fourth-order valence-electron chi connectivity index (χ4n) is 3.14. The summed E-state index contributed by atoms with van der Waals surface area (Å²) < 4.78 is 6.81. The van der Waals surface area contributed by atoms with E-state index in [1.165, 1.54) is 7.11 Å². The summed E-state index contributed by atoms with van der Waals surface area (Å²) in [6.07, 6.45) is 1.40. The largest absolute Gasteiger partial charge is 0.481 e. The molecule has 0 spiro atoms. The number of benzene rings is 1. The maximum atomic E-state index is 11.4. The number of rotatable bonds is 6. The van der Waals surface area contributed by atoms with Crippen molar-refractivity contribution in [1.82, 2.24) is 14.8 Å². The summed E-state index contributed by atoms with van der Waals surface area (Å²) in [5, 5.41) is 13.6. The second kappa shape index (κ2) is 5.44. The molecule has 1 aliphatic rings. The predicted octanol–water partition coefficient (Wildman–Crippen LogP) is 2.03. The number of ether oxygens (including phenoxy) is 1. The molecule has 3 rings (SSSR count). The second-order valence-corrected chi connectivity index (χ2v) is 5.74. The van der Waals surface area contributed by atoms with E-state index in [-0.39, 0.29) is 11.3 Å². The highest BCUT2D eigenvalue weighted by Crippen LogP contribution is 2.57. The summed E-state index contributed by atoms with van der Waals surface area (Å²) in [5.41, 5.74) is 0.797. The summed E-state index contributed by atoms with van der Waals surface area (Å²) in [6.45, 7) is 2.49. The summed E-state index contributed by atoms with van der Waals surface area (Å²) in [4.78, 5) is 15.6. The van der Waals surface area contributed by atoms with Crippen molar-refractivity contribution in [1.29, 1.82) is 0 Å². The molecule has 2 aromatic rings. The van der Waals surface area contributed by atoms with Crippen LogP contribution in [0.5, 0.6) is 6.01 Å². The van der Waals surface area contributed by atoms with Crippen LogP contribution in [0.25, 0.3) is 0 Å². The van der Waals surface area contributed by atoms with Crippen LogP contribution in [0.4, 0.5) is 0 Å². The molecule has 6 heteroatoms. The number of nitrogens with zero attached hydrogens (tertiary/aromatic N) is 3. The molecule has 2 atom stereocenters. The molecule has 6 nitrogen and oxygen atoms in total. The van der Waals surface area contributed by atoms with Gasteiger partial charge in [-0.15, -0.1) is 5.10 Å². The van der Waals surface area contributed by atoms with Crippen molar-refractivity contribution < 1.29 is 14.6 Å². The molecule has 0 amide bonds. The number of hydrogen-bond acceptors (Lipinski definition) is 4. The Morgan fingerprint density at radius 3 is 2.73 bits per heavy atom. The van der Waals surface area contributed by atoms with Gasteiger partial charge >= 0.3 is 12.0 Å². The number of aryl methyl sites for hydroxylation is 2. The van der Waals surface area contributed by atoms with E-state index in [4.69, 9.17) is 4.74 Å². The quantitative estimate of drug-likeness (QED) is 0.883. The predicted molar refractivity (Wildman–Crippen MR) is 79.8 cm³/mol. The third-order valence-electron chi connectivity index (χ3n) is 4.51. The molecule has 116 valence electrons. The molecule has 0 bridgehead atoms. The number of aliphatic carboxylic acids is 1. The summed E-state index contributed by atoms with van der Waals surface area (Å²) in [7, 11) is 1.53. The van der Waals surface area contributed by atoms with E-state index in [1.807, 2.05) is 37.3 Å². The summed E-state index contributed by atoms with van der Waals surface area (Å²) >= 11 is 0. The Morgan fingerprint density at radius 2 is 2.18 bits per heavy atom. The van der Waals surface area contributed by atoms with E-state index in [2.05, 4.69) is 10.1 Å². The Balaban J connectivity index is 1.81. The van der Waals surface area contributed by atoms with Gasteiger partial charge < -0.3 is 9.84 Å². The van der Waals surface area contributed by atoms with E-state index in [0.717, 1.165) is 17.8 Å². The molecule has 22 heavy (non-hydrogen) atoms. The normalized spacial score (nSPS) is 23.3. The fraction of sp³-hybridized carbons (Fsp3) is 0.438. The molecular formula is C16H19N3O3. The maximum absolute atomic E-state index is 11.4. The van der Waals surface area contributed by atoms with Gasteiger partial charge in [-0.2, -0.15) is 4.98 Å². The average molecular weight is 301 g/mol. The van der Waals surface area contributed by atoms with Crippen LogP contribution < -0.4 is 4.74 Å². The lowest BCUT2D eigenvalue weighted by Crippen LogP contribution is -2.18. The van der Waals surface area contributed by atoms with Gasteiger partial charge in [-0.1, -0.05) is 30.3 Å². The van der Waals surface area contributed by atoms with Crippen LogP contribution in [-0.4, -0.2) is 33.0 Å². The van der Waals surface area contributed by atoms with Crippen molar-refractivity contribution in [2.45, 2.75) is 31.7 Å². The zero-order chi connectivity index (χ0) is 15.7. The van der Waals surface area contributed by atoms with Crippen molar-refractivity contribution in [2.24, 2.45) is 5.92 Å². The summed E-state index contributed by atoms with van der Waals surface area (Å²) in [5.74, 6) is -0.273. The van der Waals surface area contributed by atoms with Crippen molar-refractivity contribution in [2.75, 3.05) is 7.11 Å². The van der Waals surface area contributed by atoms with Crippen LogP contribution in [0.15, 0.2) is 30.3 Å². The van der Waals surface area contributed by atoms with E-state index in [1.54, 1.807) is 4.68 Å². The highest BCUT2D eigenvalue weighted by atomic mass is 16.5. The number of carbonyl (C=O) groups is 1. The number of methoxy groups -OCH3 is 1. The Bertz CT molecular complexity index is 683. The van der Waals surface area contributed by atoms with E-state index in [9.17, 15) is 9.90 Å². The third-order valence-corrected chi connectivity index (χ3v) is 4.51. The first-order chi connectivity index (χ1) is 10.6. The van der Waals surface area contributed by atoms with Crippen molar-refractivity contribution in [3.05, 3.63) is 41.7 Å². The molecule has 0 aliphatic heterocycles. The van der Waals surface area contributed by atoms with Crippen LogP contribution in [0, 0.1) is 12.8 Å². The second-order valence-electron chi connectivity index (χ2n) is 5.74. The molecule has 1 heterocycles. The smallest absolute Gasteiger partial charge is 0.335 e. The number of hydrogen-bond donors (Lipinski definition) is 1. The standard InChI is InChI=1S/C16H19N3O3/c1-11-17-15(22-2)18-19(11)9-8-16(10-13(16)14(20)21)12-6-4-3-5-7-12/h3-7,13H,8-10H2,1-2H3,(H,20,21). The minimum absolute atomic E-state index is 0.293. The Labute approximate surface area is 128 Å². The molecule has 2 unspecified atom stereocenters. The highest BCUT2D eigenvalue weighted by molar-refractivity contribution is 5.77.